The van der Waals surface area contributed by atoms with Crippen LogP contribution in [0, 0.1) is 6.92 Å². The summed E-state index contributed by atoms with van der Waals surface area (Å²) in [7, 11) is 0. The maximum atomic E-state index is 9.90. The molecule has 0 radical (unpaired) electrons. The number of aliphatic hydroxyl groups excluding tert-OH is 1. The Labute approximate surface area is 128 Å². The van der Waals surface area contributed by atoms with E-state index in [1.54, 1.807) is 18.3 Å². The standard InChI is InChI=1S/C15H16ClNO2S/c1-11-8-13(5-6-14(11)16)19-9-12(18)10-20-15-4-2-3-7-17-15/h2-8,12,18H,9-10H2,1H3/t12-/m0/s1. The van der Waals surface area contributed by atoms with Crippen molar-refractivity contribution in [2.75, 3.05) is 12.4 Å². The van der Waals surface area contributed by atoms with Crippen LogP contribution in [0.4, 0.5) is 0 Å². The number of ether oxygens (including phenoxy) is 1. The van der Waals surface area contributed by atoms with Crippen LogP contribution < -0.4 is 4.74 Å². The van der Waals surface area contributed by atoms with Crippen molar-refractivity contribution in [2.45, 2.75) is 18.1 Å². The topological polar surface area (TPSA) is 42.4 Å². The zero-order valence-corrected chi connectivity index (χ0v) is 12.7. The van der Waals surface area contributed by atoms with E-state index >= 15 is 0 Å². The largest absolute Gasteiger partial charge is 0.491 e. The Bertz CT molecular complexity index is 551. The van der Waals surface area contributed by atoms with Gasteiger partial charge in [-0.05, 0) is 42.8 Å². The molecule has 2 rings (SSSR count). The molecule has 0 saturated heterocycles. The molecule has 0 unspecified atom stereocenters. The maximum absolute atomic E-state index is 9.90. The Morgan fingerprint density at radius 2 is 2.20 bits per heavy atom. The van der Waals surface area contributed by atoms with Crippen LogP contribution in [0.2, 0.25) is 5.02 Å². The lowest BCUT2D eigenvalue weighted by Gasteiger charge is -2.12. The molecular formula is C15H16ClNO2S. The third-order valence-electron chi connectivity index (χ3n) is 2.63. The normalized spacial score (nSPS) is 12.2. The number of nitrogens with zero attached hydrogens (tertiary/aromatic N) is 1. The van der Waals surface area contributed by atoms with Crippen molar-refractivity contribution < 1.29 is 9.84 Å². The first-order valence-electron chi connectivity index (χ1n) is 6.26. The molecule has 0 bridgehead atoms. The van der Waals surface area contributed by atoms with Gasteiger partial charge in [0.15, 0.2) is 0 Å². The fourth-order valence-electron chi connectivity index (χ4n) is 1.56. The van der Waals surface area contributed by atoms with Crippen molar-refractivity contribution in [1.82, 2.24) is 4.98 Å². The maximum Gasteiger partial charge on any atom is 0.119 e. The number of aliphatic hydroxyl groups is 1. The van der Waals surface area contributed by atoms with Gasteiger partial charge in [-0.3, -0.25) is 0 Å². The van der Waals surface area contributed by atoms with E-state index in [1.807, 2.05) is 31.2 Å². The highest BCUT2D eigenvalue weighted by Crippen LogP contribution is 2.21. The van der Waals surface area contributed by atoms with Crippen molar-refractivity contribution in [3.63, 3.8) is 0 Å². The highest BCUT2D eigenvalue weighted by atomic mass is 35.5. The van der Waals surface area contributed by atoms with Crippen molar-refractivity contribution in [3.05, 3.63) is 53.2 Å². The summed E-state index contributed by atoms with van der Waals surface area (Å²) >= 11 is 7.45. The van der Waals surface area contributed by atoms with E-state index in [-0.39, 0.29) is 6.61 Å². The van der Waals surface area contributed by atoms with E-state index < -0.39 is 6.10 Å². The average molecular weight is 310 g/mol. The number of benzene rings is 1. The van der Waals surface area contributed by atoms with Crippen molar-refractivity contribution >= 4 is 23.4 Å². The van der Waals surface area contributed by atoms with Gasteiger partial charge in [-0.15, -0.1) is 11.8 Å². The summed E-state index contributed by atoms with van der Waals surface area (Å²) in [5, 5.41) is 11.5. The molecule has 0 aliphatic carbocycles. The summed E-state index contributed by atoms with van der Waals surface area (Å²) in [5.41, 5.74) is 0.960. The van der Waals surface area contributed by atoms with Crippen LogP contribution in [0.25, 0.3) is 0 Å². The smallest absolute Gasteiger partial charge is 0.119 e. The molecule has 0 aliphatic rings. The van der Waals surface area contributed by atoms with E-state index in [1.165, 1.54) is 11.8 Å². The van der Waals surface area contributed by atoms with Gasteiger partial charge in [-0.2, -0.15) is 0 Å². The van der Waals surface area contributed by atoms with Crippen LogP contribution in [0.1, 0.15) is 5.56 Å². The van der Waals surface area contributed by atoms with E-state index in [2.05, 4.69) is 4.98 Å². The summed E-state index contributed by atoms with van der Waals surface area (Å²) in [6, 6.07) is 11.2. The van der Waals surface area contributed by atoms with Gasteiger partial charge in [-0.1, -0.05) is 17.7 Å². The minimum absolute atomic E-state index is 0.251. The average Bonchev–Trinajstić information content (AvgIpc) is 2.47. The van der Waals surface area contributed by atoms with Crippen molar-refractivity contribution in [1.29, 1.82) is 0 Å². The fourth-order valence-corrected chi connectivity index (χ4v) is 2.45. The second-order valence-electron chi connectivity index (χ2n) is 4.35. The minimum atomic E-state index is -0.544. The summed E-state index contributed by atoms with van der Waals surface area (Å²) in [6.45, 7) is 2.17. The third-order valence-corrected chi connectivity index (χ3v) is 4.15. The molecule has 106 valence electrons. The van der Waals surface area contributed by atoms with Crippen LogP contribution >= 0.6 is 23.4 Å². The van der Waals surface area contributed by atoms with E-state index in [0.717, 1.165) is 10.6 Å². The quantitative estimate of drug-likeness (QED) is 0.828. The summed E-state index contributed by atoms with van der Waals surface area (Å²) in [6.07, 6.45) is 1.19. The molecule has 1 aromatic carbocycles. The number of pyridine rings is 1. The predicted octanol–water partition coefficient (Wildman–Crippen LogP) is 3.58. The molecule has 0 aliphatic heterocycles. The van der Waals surface area contributed by atoms with Gasteiger partial charge >= 0.3 is 0 Å². The van der Waals surface area contributed by atoms with E-state index in [0.29, 0.717) is 16.5 Å². The lowest BCUT2D eigenvalue weighted by atomic mass is 10.2. The Hall–Kier alpha value is -1.23. The third kappa shape index (κ3) is 4.71. The highest BCUT2D eigenvalue weighted by molar-refractivity contribution is 7.99. The first-order chi connectivity index (χ1) is 9.65. The van der Waals surface area contributed by atoms with Gasteiger partial charge in [-0.25, -0.2) is 4.98 Å². The van der Waals surface area contributed by atoms with Crippen molar-refractivity contribution in [2.24, 2.45) is 0 Å². The second-order valence-corrected chi connectivity index (χ2v) is 5.80. The number of thioether (sulfide) groups is 1. The molecule has 20 heavy (non-hydrogen) atoms. The first-order valence-corrected chi connectivity index (χ1v) is 7.62. The Morgan fingerprint density at radius 1 is 1.35 bits per heavy atom. The van der Waals surface area contributed by atoms with E-state index in [4.69, 9.17) is 16.3 Å². The van der Waals surface area contributed by atoms with Crippen LogP contribution in [0.3, 0.4) is 0 Å². The number of hydrogen-bond donors (Lipinski definition) is 1. The van der Waals surface area contributed by atoms with Crippen LogP contribution in [-0.4, -0.2) is 28.6 Å². The van der Waals surface area contributed by atoms with Gasteiger partial charge < -0.3 is 9.84 Å². The molecule has 2 aromatic rings. The molecule has 0 fully saturated rings. The fraction of sp³-hybridized carbons (Fsp3) is 0.267. The molecule has 1 heterocycles. The van der Waals surface area contributed by atoms with Crippen LogP contribution in [0.5, 0.6) is 5.75 Å². The summed E-state index contributed by atoms with van der Waals surface area (Å²) < 4.78 is 5.55. The molecule has 0 amide bonds. The minimum Gasteiger partial charge on any atom is -0.491 e. The molecule has 1 aromatic heterocycles. The molecular weight excluding hydrogens is 294 g/mol. The van der Waals surface area contributed by atoms with E-state index in [9.17, 15) is 5.11 Å². The molecule has 1 N–H and O–H groups in total. The number of hydrogen-bond acceptors (Lipinski definition) is 4. The Balaban J connectivity index is 1.77. The lowest BCUT2D eigenvalue weighted by molar-refractivity contribution is 0.126. The zero-order chi connectivity index (χ0) is 14.4. The molecule has 1 atom stereocenters. The predicted molar refractivity (Wildman–Crippen MR) is 82.7 cm³/mol. The van der Waals surface area contributed by atoms with Gasteiger partial charge in [0.2, 0.25) is 0 Å². The lowest BCUT2D eigenvalue weighted by Crippen LogP contribution is -2.20. The number of aromatic nitrogens is 1. The summed E-state index contributed by atoms with van der Waals surface area (Å²) in [5.74, 6) is 1.26. The molecule has 5 heteroatoms. The van der Waals surface area contributed by atoms with Gasteiger partial charge in [0.1, 0.15) is 12.4 Å². The molecule has 0 spiro atoms. The number of halogens is 1. The Morgan fingerprint density at radius 3 is 2.90 bits per heavy atom. The first kappa shape index (κ1) is 15.2. The Kier molecular flexibility index (Phi) is 5.71. The van der Waals surface area contributed by atoms with Gasteiger partial charge in [0.05, 0.1) is 11.1 Å². The van der Waals surface area contributed by atoms with Gasteiger partial charge in [0.25, 0.3) is 0 Å². The zero-order valence-electron chi connectivity index (χ0n) is 11.1. The second kappa shape index (κ2) is 7.53. The number of aryl methyl sites for hydroxylation is 1. The monoisotopic (exact) mass is 309 g/mol. The van der Waals surface area contributed by atoms with Crippen molar-refractivity contribution in [3.8, 4) is 5.75 Å². The number of rotatable bonds is 6. The van der Waals surface area contributed by atoms with Gasteiger partial charge in [0, 0.05) is 17.0 Å². The molecule has 3 nitrogen and oxygen atoms in total. The molecule has 0 saturated carbocycles. The highest BCUT2D eigenvalue weighted by Gasteiger charge is 2.07. The van der Waals surface area contributed by atoms with Crippen LogP contribution in [0.15, 0.2) is 47.6 Å². The van der Waals surface area contributed by atoms with Crippen LogP contribution in [-0.2, 0) is 0 Å². The summed E-state index contributed by atoms with van der Waals surface area (Å²) in [4.78, 5) is 4.19. The SMILES string of the molecule is Cc1cc(OC[C@H](O)CSc2ccccn2)ccc1Cl.